The molecule has 0 radical (unpaired) electrons. The maximum atomic E-state index is 13.8. The van der Waals surface area contributed by atoms with Crippen molar-refractivity contribution < 1.29 is 14.3 Å². The van der Waals surface area contributed by atoms with Gasteiger partial charge in [0.1, 0.15) is 0 Å². The van der Waals surface area contributed by atoms with Crippen LogP contribution < -0.4 is 14.4 Å². The zero-order valence-electron chi connectivity index (χ0n) is 18.6. The standard InChI is InChI=1S/C27H26N2O3S/c1-18-20-16-24-23(31-13-6-14-32-24)15-19(20)11-12-28(18)17-27(30)29-21-7-2-4-9-25(21)33-26-10-5-3-8-22(26)29/h2-5,7-10,15-16,18H,6,11-14,17H2,1H3/t18-/m0/s1. The molecule has 0 bridgehead atoms. The molecule has 0 aliphatic carbocycles. The highest BCUT2D eigenvalue weighted by molar-refractivity contribution is 7.99. The number of carbonyl (C=O) groups excluding carboxylic acids is 1. The van der Waals surface area contributed by atoms with Crippen molar-refractivity contribution in [3.05, 3.63) is 71.8 Å². The average Bonchev–Trinajstić information content (AvgIpc) is 3.08. The summed E-state index contributed by atoms with van der Waals surface area (Å²) in [5.74, 6) is 1.77. The molecule has 0 unspecified atom stereocenters. The number of rotatable bonds is 2. The molecule has 0 saturated carbocycles. The van der Waals surface area contributed by atoms with Crippen molar-refractivity contribution in [2.45, 2.75) is 35.6 Å². The fourth-order valence-electron chi connectivity index (χ4n) is 4.96. The molecule has 33 heavy (non-hydrogen) atoms. The minimum atomic E-state index is 0.0971. The topological polar surface area (TPSA) is 42.0 Å². The van der Waals surface area contributed by atoms with E-state index in [4.69, 9.17) is 9.47 Å². The molecule has 5 nitrogen and oxygen atoms in total. The summed E-state index contributed by atoms with van der Waals surface area (Å²) in [6, 6.07) is 20.7. The second-order valence-corrected chi connectivity index (χ2v) is 9.80. The minimum absolute atomic E-state index is 0.0971. The molecule has 6 rings (SSSR count). The van der Waals surface area contributed by atoms with E-state index < -0.39 is 0 Å². The molecule has 0 aromatic heterocycles. The SMILES string of the molecule is C[C@H]1c2cc3c(cc2CCN1CC(=O)N1c2ccccc2Sc2ccccc21)OCCCO3. The van der Waals surface area contributed by atoms with Crippen LogP contribution in [0.1, 0.15) is 30.5 Å². The molecule has 3 aliphatic rings. The Labute approximate surface area is 198 Å². The monoisotopic (exact) mass is 458 g/mol. The van der Waals surface area contributed by atoms with Gasteiger partial charge in [0.25, 0.3) is 0 Å². The third-order valence-electron chi connectivity index (χ3n) is 6.70. The lowest BCUT2D eigenvalue weighted by Crippen LogP contribution is -2.43. The van der Waals surface area contributed by atoms with Crippen LogP contribution in [-0.4, -0.2) is 37.1 Å². The fraction of sp³-hybridized carbons (Fsp3) is 0.296. The normalized spacial score (nSPS) is 19.2. The summed E-state index contributed by atoms with van der Waals surface area (Å²) in [5, 5.41) is 0. The molecule has 3 heterocycles. The number of carbonyl (C=O) groups is 1. The summed E-state index contributed by atoms with van der Waals surface area (Å²) in [7, 11) is 0. The molecule has 6 heteroatoms. The number of nitrogens with zero attached hydrogens (tertiary/aromatic N) is 2. The van der Waals surface area contributed by atoms with Gasteiger partial charge in [0, 0.05) is 28.8 Å². The van der Waals surface area contributed by atoms with Gasteiger partial charge in [-0.1, -0.05) is 36.0 Å². The number of benzene rings is 3. The lowest BCUT2D eigenvalue weighted by molar-refractivity contribution is -0.119. The highest BCUT2D eigenvalue weighted by atomic mass is 32.2. The Bertz CT molecular complexity index is 1180. The van der Waals surface area contributed by atoms with E-state index in [1.807, 2.05) is 41.3 Å². The Hall–Kier alpha value is -2.96. The number of amides is 1. The predicted molar refractivity (Wildman–Crippen MR) is 130 cm³/mol. The quantitative estimate of drug-likeness (QED) is 0.500. The number of anilines is 2. The second-order valence-electron chi connectivity index (χ2n) is 8.71. The summed E-state index contributed by atoms with van der Waals surface area (Å²) in [4.78, 5) is 20.2. The van der Waals surface area contributed by atoms with Gasteiger partial charge in [0.15, 0.2) is 11.5 Å². The van der Waals surface area contributed by atoms with Crippen LogP contribution in [0.15, 0.2) is 70.5 Å². The van der Waals surface area contributed by atoms with Gasteiger partial charge in [-0.25, -0.2) is 0 Å². The number of para-hydroxylation sites is 2. The summed E-state index contributed by atoms with van der Waals surface area (Å²) < 4.78 is 11.8. The van der Waals surface area contributed by atoms with Crippen molar-refractivity contribution in [2.24, 2.45) is 0 Å². The van der Waals surface area contributed by atoms with Gasteiger partial charge >= 0.3 is 0 Å². The molecular formula is C27H26N2O3S. The van der Waals surface area contributed by atoms with Gasteiger partial charge in [-0.15, -0.1) is 0 Å². The Morgan fingerprint density at radius 2 is 1.61 bits per heavy atom. The summed E-state index contributed by atoms with van der Waals surface area (Å²) in [6.07, 6.45) is 1.79. The molecule has 3 aliphatic heterocycles. The molecule has 1 atom stereocenters. The molecule has 0 N–H and O–H groups in total. The molecular weight excluding hydrogens is 432 g/mol. The van der Waals surface area contributed by atoms with Crippen LogP contribution >= 0.6 is 11.8 Å². The van der Waals surface area contributed by atoms with E-state index in [2.05, 4.69) is 36.1 Å². The minimum Gasteiger partial charge on any atom is -0.490 e. The number of hydrogen-bond donors (Lipinski definition) is 0. The first-order chi connectivity index (χ1) is 16.2. The highest BCUT2D eigenvalue weighted by Gasteiger charge is 2.32. The van der Waals surface area contributed by atoms with Gasteiger partial charge in [0.05, 0.1) is 31.1 Å². The molecule has 168 valence electrons. The van der Waals surface area contributed by atoms with E-state index in [0.29, 0.717) is 19.8 Å². The van der Waals surface area contributed by atoms with Crippen LogP contribution in [-0.2, 0) is 11.2 Å². The third kappa shape index (κ3) is 3.67. The maximum absolute atomic E-state index is 13.8. The molecule has 0 fully saturated rings. The number of fused-ring (bicyclic) bond motifs is 4. The van der Waals surface area contributed by atoms with E-state index in [-0.39, 0.29) is 11.9 Å². The second kappa shape index (κ2) is 8.43. The smallest absolute Gasteiger partial charge is 0.245 e. The molecule has 0 spiro atoms. The Balaban J connectivity index is 1.29. The van der Waals surface area contributed by atoms with Crippen molar-refractivity contribution in [1.82, 2.24) is 4.90 Å². The summed E-state index contributed by atoms with van der Waals surface area (Å²) >= 11 is 1.72. The fourth-order valence-corrected chi connectivity index (χ4v) is 6.02. The molecule has 3 aromatic rings. The maximum Gasteiger partial charge on any atom is 0.245 e. The Morgan fingerprint density at radius 1 is 0.970 bits per heavy atom. The van der Waals surface area contributed by atoms with E-state index in [1.165, 1.54) is 11.1 Å². The van der Waals surface area contributed by atoms with E-state index in [9.17, 15) is 4.79 Å². The van der Waals surface area contributed by atoms with Crippen molar-refractivity contribution >= 4 is 29.0 Å². The highest BCUT2D eigenvalue weighted by Crippen LogP contribution is 2.48. The van der Waals surface area contributed by atoms with Crippen molar-refractivity contribution in [3.63, 3.8) is 0 Å². The third-order valence-corrected chi connectivity index (χ3v) is 7.83. The van der Waals surface area contributed by atoms with Crippen molar-refractivity contribution in [1.29, 1.82) is 0 Å². The summed E-state index contributed by atoms with van der Waals surface area (Å²) in [6.45, 7) is 4.75. The van der Waals surface area contributed by atoms with Crippen LogP contribution in [0, 0.1) is 0 Å². The first-order valence-electron chi connectivity index (χ1n) is 11.5. The van der Waals surface area contributed by atoms with Gasteiger partial charge in [-0.05, 0) is 60.9 Å². The van der Waals surface area contributed by atoms with Gasteiger partial charge < -0.3 is 9.47 Å². The van der Waals surface area contributed by atoms with Crippen LogP contribution in [0.4, 0.5) is 11.4 Å². The van der Waals surface area contributed by atoms with E-state index in [0.717, 1.165) is 52.1 Å². The first kappa shape index (κ1) is 20.6. The first-order valence-corrected chi connectivity index (χ1v) is 12.4. The Morgan fingerprint density at radius 3 is 2.30 bits per heavy atom. The van der Waals surface area contributed by atoms with Crippen LogP contribution in [0.3, 0.4) is 0 Å². The van der Waals surface area contributed by atoms with Gasteiger partial charge in [-0.3, -0.25) is 14.6 Å². The molecule has 1 amide bonds. The number of ether oxygens (including phenoxy) is 2. The summed E-state index contributed by atoms with van der Waals surface area (Å²) in [5.41, 5.74) is 4.45. The van der Waals surface area contributed by atoms with Crippen LogP contribution in [0.25, 0.3) is 0 Å². The van der Waals surface area contributed by atoms with Gasteiger partial charge in [-0.2, -0.15) is 0 Å². The predicted octanol–water partition coefficient (Wildman–Crippen LogP) is 5.60. The molecule has 3 aromatic carbocycles. The van der Waals surface area contributed by atoms with Crippen molar-refractivity contribution in [2.75, 3.05) is 31.2 Å². The van der Waals surface area contributed by atoms with E-state index in [1.54, 1.807) is 11.8 Å². The zero-order chi connectivity index (χ0) is 22.4. The zero-order valence-corrected chi connectivity index (χ0v) is 19.4. The average molecular weight is 459 g/mol. The van der Waals surface area contributed by atoms with Crippen LogP contribution in [0.2, 0.25) is 0 Å². The lowest BCUT2D eigenvalue weighted by atomic mass is 9.92. The number of hydrogen-bond acceptors (Lipinski definition) is 5. The van der Waals surface area contributed by atoms with Gasteiger partial charge in [0.2, 0.25) is 5.91 Å². The largest absolute Gasteiger partial charge is 0.490 e. The van der Waals surface area contributed by atoms with E-state index >= 15 is 0 Å². The molecule has 0 saturated heterocycles. The van der Waals surface area contributed by atoms with Crippen LogP contribution in [0.5, 0.6) is 11.5 Å². The Kier molecular flexibility index (Phi) is 5.27. The van der Waals surface area contributed by atoms with Crippen molar-refractivity contribution in [3.8, 4) is 11.5 Å². The lowest BCUT2D eigenvalue weighted by Gasteiger charge is -2.37.